The summed E-state index contributed by atoms with van der Waals surface area (Å²) in [6.45, 7) is 0. The molecule has 1 aromatic heterocycles. The number of hydrogen-bond donors (Lipinski definition) is 0. The van der Waals surface area contributed by atoms with E-state index in [1.165, 1.54) is 82.7 Å². The Morgan fingerprint density at radius 1 is 0.257 bits per heavy atom. The number of nitrogens with zero attached hydrogens (tertiary/aromatic N) is 4. The number of benzene rings is 11. The van der Waals surface area contributed by atoms with Crippen LogP contribution in [0, 0.1) is 11.3 Å². The van der Waals surface area contributed by atoms with Crippen LogP contribution in [0.3, 0.4) is 0 Å². The lowest BCUT2D eigenvalue weighted by atomic mass is 9.88. The minimum Gasteiger partial charge on any atom is -0.208 e. The molecule has 70 heavy (non-hydrogen) atoms. The third-order valence-corrected chi connectivity index (χ3v) is 14.3. The van der Waals surface area contributed by atoms with Crippen molar-refractivity contribution in [2.45, 2.75) is 0 Å². The molecule has 0 N–H and O–H groups in total. The number of nitriles is 1. The van der Waals surface area contributed by atoms with Crippen molar-refractivity contribution < 1.29 is 0 Å². The first-order valence-electron chi connectivity index (χ1n) is 23.6. The Morgan fingerprint density at radius 2 is 0.671 bits per heavy atom. The first-order valence-corrected chi connectivity index (χ1v) is 23.6. The summed E-state index contributed by atoms with van der Waals surface area (Å²) in [4.78, 5) is 15.3. The van der Waals surface area contributed by atoms with Gasteiger partial charge in [-0.1, -0.05) is 212 Å². The first kappa shape index (κ1) is 39.6. The van der Waals surface area contributed by atoms with Crippen LogP contribution in [0.4, 0.5) is 0 Å². The third kappa shape index (κ3) is 6.26. The van der Waals surface area contributed by atoms with Crippen LogP contribution in [0.1, 0.15) is 5.56 Å². The Kier molecular flexibility index (Phi) is 8.92. The Balaban J connectivity index is 0.812. The van der Waals surface area contributed by atoms with E-state index in [-0.39, 0.29) is 0 Å². The summed E-state index contributed by atoms with van der Waals surface area (Å²) in [7, 11) is 0. The first-order chi connectivity index (χ1) is 34.6. The fourth-order valence-corrected chi connectivity index (χ4v) is 11.0. The van der Waals surface area contributed by atoms with E-state index in [4.69, 9.17) is 15.0 Å². The van der Waals surface area contributed by atoms with Gasteiger partial charge in [-0.15, -0.1) is 0 Å². The molecule has 4 heteroatoms. The summed E-state index contributed by atoms with van der Waals surface area (Å²) in [6.07, 6.45) is 0. The van der Waals surface area contributed by atoms with Gasteiger partial charge in [0.05, 0.1) is 11.6 Å². The summed E-state index contributed by atoms with van der Waals surface area (Å²) >= 11 is 0. The minimum atomic E-state index is 0.597. The van der Waals surface area contributed by atoms with Crippen molar-refractivity contribution in [2.24, 2.45) is 0 Å². The second-order valence-corrected chi connectivity index (χ2v) is 18.1. The molecule has 322 valence electrons. The fraction of sp³-hybridized carbons (Fsp3) is 0. The molecule has 0 atom stereocenters. The topological polar surface area (TPSA) is 62.5 Å². The van der Waals surface area contributed by atoms with Gasteiger partial charge in [-0.2, -0.15) is 5.26 Å². The molecule has 0 aliphatic heterocycles. The second kappa shape index (κ2) is 15.8. The molecule has 12 aromatic rings. The van der Waals surface area contributed by atoms with E-state index in [2.05, 4.69) is 194 Å². The summed E-state index contributed by atoms with van der Waals surface area (Å²) in [6, 6.07) is 84.0. The molecule has 4 nitrogen and oxygen atoms in total. The molecule has 0 unspecified atom stereocenters. The highest BCUT2D eigenvalue weighted by molar-refractivity contribution is 6.19. The van der Waals surface area contributed by atoms with E-state index in [1.54, 1.807) is 0 Å². The van der Waals surface area contributed by atoms with Gasteiger partial charge in [0.25, 0.3) is 0 Å². The van der Waals surface area contributed by atoms with Crippen molar-refractivity contribution in [3.05, 3.63) is 236 Å². The highest BCUT2D eigenvalue weighted by Crippen LogP contribution is 2.51. The molecule has 0 saturated carbocycles. The molecule has 1 heterocycles. The van der Waals surface area contributed by atoms with Crippen molar-refractivity contribution in [1.29, 1.82) is 5.26 Å². The highest BCUT2D eigenvalue weighted by Gasteiger charge is 2.25. The normalized spacial score (nSPS) is 11.7. The Morgan fingerprint density at radius 3 is 1.33 bits per heavy atom. The van der Waals surface area contributed by atoms with E-state index >= 15 is 0 Å². The van der Waals surface area contributed by atoms with Gasteiger partial charge in [-0.25, -0.2) is 15.0 Å². The minimum absolute atomic E-state index is 0.597. The molecule has 0 bridgehead atoms. The third-order valence-electron chi connectivity index (χ3n) is 14.3. The lowest BCUT2D eigenvalue weighted by Crippen LogP contribution is -2.00. The maximum Gasteiger partial charge on any atom is 0.164 e. The van der Waals surface area contributed by atoms with Crippen LogP contribution in [0.2, 0.25) is 0 Å². The number of rotatable bonds is 7. The molecular weight excluding hydrogens is 849 g/mol. The summed E-state index contributed by atoms with van der Waals surface area (Å²) in [5, 5.41) is 15.2. The molecule has 0 radical (unpaired) electrons. The second-order valence-electron chi connectivity index (χ2n) is 18.1. The van der Waals surface area contributed by atoms with Crippen LogP contribution in [-0.2, 0) is 0 Å². The van der Waals surface area contributed by atoms with E-state index in [9.17, 15) is 5.26 Å². The molecule has 0 amide bonds. The molecule has 14 rings (SSSR count). The van der Waals surface area contributed by atoms with Crippen LogP contribution in [0.15, 0.2) is 231 Å². The Bertz CT molecular complexity index is 4130. The highest BCUT2D eigenvalue weighted by atomic mass is 15.0. The van der Waals surface area contributed by atoms with E-state index in [0.717, 1.165) is 44.5 Å². The smallest absolute Gasteiger partial charge is 0.164 e. The van der Waals surface area contributed by atoms with E-state index in [1.807, 2.05) is 42.5 Å². The van der Waals surface area contributed by atoms with Crippen molar-refractivity contribution in [2.75, 3.05) is 0 Å². The van der Waals surface area contributed by atoms with Gasteiger partial charge in [0.15, 0.2) is 17.5 Å². The van der Waals surface area contributed by atoms with Gasteiger partial charge < -0.3 is 0 Å². The van der Waals surface area contributed by atoms with Gasteiger partial charge in [0.2, 0.25) is 0 Å². The molecule has 0 fully saturated rings. The fourth-order valence-electron chi connectivity index (χ4n) is 11.0. The van der Waals surface area contributed by atoms with Crippen LogP contribution in [0.5, 0.6) is 0 Å². The zero-order valence-electron chi connectivity index (χ0n) is 37.7. The average Bonchev–Trinajstić information content (AvgIpc) is 3.94. The zero-order valence-corrected chi connectivity index (χ0v) is 37.7. The van der Waals surface area contributed by atoms with Crippen molar-refractivity contribution in [3.8, 4) is 129 Å². The van der Waals surface area contributed by atoms with Crippen LogP contribution >= 0.6 is 0 Å². The quantitative estimate of drug-likeness (QED) is 0.160. The van der Waals surface area contributed by atoms with Gasteiger partial charge in [0, 0.05) is 16.7 Å². The number of fused-ring (bicyclic) bond motifs is 6. The molecule has 11 aromatic carbocycles. The molecule has 2 aliphatic rings. The van der Waals surface area contributed by atoms with Gasteiger partial charge in [-0.3, -0.25) is 0 Å². The van der Waals surface area contributed by atoms with Gasteiger partial charge in [0.1, 0.15) is 0 Å². The van der Waals surface area contributed by atoms with E-state index < -0.39 is 0 Å². The average molecular weight is 887 g/mol. The summed E-state index contributed by atoms with van der Waals surface area (Å²) < 4.78 is 0. The monoisotopic (exact) mass is 886 g/mol. The van der Waals surface area contributed by atoms with Crippen LogP contribution in [-0.4, -0.2) is 15.0 Å². The maximum absolute atomic E-state index is 10.1. The largest absolute Gasteiger partial charge is 0.208 e. The maximum atomic E-state index is 10.1. The van der Waals surface area contributed by atoms with E-state index in [0.29, 0.717) is 23.0 Å². The van der Waals surface area contributed by atoms with Crippen molar-refractivity contribution in [1.82, 2.24) is 15.0 Å². The lowest BCUT2D eigenvalue weighted by Gasteiger charge is -2.15. The van der Waals surface area contributed by atoms with Crippen LogP contribution < -0.4 is 0 Å². The van der Waals surface area contributed by atoms with Gasteiger partial charge >= 0.3 is 0 Å². The Hall–Kier alpha value is -9.56. The van der Waals surface area contributed by atoms with Crippen molar-refractivity contribution in [3.63, 3.8) is 0 Å². The zero-order chi connectivity index (χ0) is 46.3. The standard InChI is InChI=1S/C66H38N4/c67-39-40-23-33-49(60(37-40)43-26-24-41(25-27-43)48-15-4-5-16-50(48)53-35-36-59-52-18-7-6-17-51(52)56-21-10-22-57(53)63(56)59)42-28-30-46(31-29-42)65-68-64(45-11-2-1-3-12-45)69-66(70-65)47-32-34-54-55-19-8-13-44-14-9-20-58(62(44)55)61(54)38-47/h1-38H. The SMILES string of the molecule is N#Cc1ccc(-c2ccc(-c3nc(-c4ccccc4)nc(-c4ccc5c(c4)-c4cccc6cccc-5c46)n3)cc2)c(-c2ccc(-c3ccccc3-c3ccc4c5c(cccc35)-c3ccccc3-4)cc2)c1. The molecule has 0 spiro atoms. The predicted molar refractivity (Wildman–Crippen MR) is 286 cm³/mol. The lowest BCUT2D eigenvalue weighted by molar-refractivity contribution is 1.07. The molecule has 0 saturated heterocycles. The summed E-state index contributed by atoms with van der Waals surface area (Å²) in [5.74, 6) is 1.83. The van der Waals surface area contributed by atoms with Crippen molar-refractivity contribution >= 4 is 21.5 Å². The summed E-state index contributed by atoms with van der Waals surface area (Å²) in [5.41, 5.74) is 22.2. The predicted octanol–water partition coefficient (Wildman–Crippen LogP) is 17.0. The van der Waals surface area contributed by atoms with Crippen LogP contribution in [0.25, 0.3) is 145 Å². The number of hydrogen-bond acceptors (Lipinski definition) is 4. The number of aromatic nitrogens is 3. The molecular formula is C66H38N4. The molecule has 2 aliphatic carbocycles. The van der Waals surface area contributed by atoms with Gasteiger partial charge in [-0.05, 0) is 129 Å². The Labute approximate surface area is 405 Å².